The molecule has 0 unspecified atom stereocenters. The minimum absolute atomic E-state index is 0.310. The van der Waals surface area contributed by atoms with E-state index < -0.39 is 0 Å². The van der Waals surface area contributed by atoms with Crippen LogP contribution in [0.2, 0.25) is 5.02 Å². The number of benzene rings is 2. The molecule has 0 radical (unpaired) electrons. The molecule has 4 rings (SSSR count). The van der Waals surface area contributed by atoms with E-state index in [0.29, 0.717) is 6.10 Å². The summed E-state index contributed by atoms with van der Waals surface area (Å²) in [5.74, 6) is 1.77. The largest absolute Gasteiger partial charge is 0.377 e. The zero-order valence-corrected chi connectivity index (χ0v) is 16.6. The van der Waals surface area contributed by atoms with Gasteiger partial charge >= 0.3 is 0 Å². The second-order valence-corrected chi connectivity index (χ2v) is 8.11. The summed E-state index contributed by atoms with van der Waals surface area (Å²) >= 11 is 7.78. The van der Waals surface area contributed by atoms with E-state index in [0.717, 1.165) is 46.9 Å². The Morgan fingerprint density at radius 3 is 2.59 bits per heavy atom. The van der Waals surface area contributed by atoms with Gasteiger partial charge in [-0.05, 0) is 49.1 Å². The lowest BCUT2D eigenvalue weighted by Gasteiger charge is -2.22. The smallest absolute Gasteiger partial charge is 0.191 e. The third kappa shape index (κ3) is 4.72. The van der Waals surface area contributed by atoms with Crippen molar-refractivity contribution in [2.45, 2.75) is 37.1 Å². The molecule has 27 heavy (non-hydrogen) atoms. The normalized spacial score (nSPS) is 17.1. The van der Waals surface area contributed by atoms with Crippen LogP contribution in [0.15, 0.2) is 59.8 Å². The molecule has 0 aliphatic carbocycles. The molecular weight excluding hydrogens is 378 g/mol. The second kappa shape index (κ2) is 8.91. The predicted octanol–water partition coefficient (Wildman–Crippen LogP) is 5.31. The van der Waals surface area contributed by atoms with Crippen LogP contribution in [0.3, 0.4) is 0 Å². The van der Waals surface area contributed by atoms with Gasteiger partial charge in [0.1, 0.15) is 0 Å². The molecule has 140 valence electrons. The van der Waals surface area contributed by atoms with Crippen molar-refractivity contribution < 1.29 is 4.74 Å². The molecule has 3 aromatic rings. The molecule has 6 heteroatoms. The third-order valence-corrected chi connectivity index (χ3v) is 6.03. The van der Waals surface area contributed by atoms with Crippen LogP contribution in [0, 0.1) is 0 Å². The fourth-order valence-electron chi connectivity index (χ4n) is 3.22. The number of halogens is 1. The van der Waals surface area contributed by atoms with Gasteiger partial charge in [0.15, 0.2) is 11.0 Å². The number of hydrogen-bond acceptors (Lipinski definition) is 4. The van der Waals surface area contributed by atoms with Crippen LogP contribution in [-0.4, -0.2) is 33.2 Å². The first-order chi connectivity index (χ1) is 13.3. The van der Waals surface area contributed by atoms with Crippen LogP contribution in [0.5, 0.6) is 0 Å². The maximum atomic E-state index is 6.05. The Kier molecular flexibility index (Phi) is 6.12. The van der Waals surface area contributed by atoms with Crippen molar-refractivity contribution in [2.24, 2.45) is 0 Å². The summed E-state index contributed by atoms with van der Waals surface area (Å²) in [5.41, 5.74) is 2.24. The first kappa shape index (κ1) is 18.5. The first-order valence-electron chi connectivity index (χ1n) is 9.27. The quantitative estimate of drug-likeness (QED) is 0.527. The van der Waals surface area contributed by atoms with E-state index in [1.165, 1.54) is 18.4 Å². The molecule has 2 heterocycles. The lowest BCUT2D eigenvalue weighted by Crippen LogP contribution is -2.21. The lowest BCUT2D eigenvalue weighted by molar-refractivity contribution is 0.0315. The lowest BCUT2D eigenvalue weighted by atomic mass is 10.1. The highest BCUT2D eigenvalue weighted by Gasteiger charge is 2.19. The monoisotopic (exact) mass is 399 g/mol. The number of rotatable bonds is 6. The summed E-state index contributed by atoms with van der Waals surface area (Å²) in [7, 11) is 0. The van der Waals surface area contributed by atoms with Gasteiger partial charge in [0.25, 0.3) is 0 Å². The second-order valence-electron chi connectivity index (χ2n) is 6.68. The van der Waals surface area contributed by atoms with Crippen molar-refractivity contribution in [3.63, 3.8) is 0 Å². The van der Waals surface area contributed by atoms with Gasteiger partial charge < -0.3 is 4.74 Å². The molecule has 2 aromatic carbocycles. The molecule has 1 aromatic heterocycles. The van der Waals surface area contributed by atoms with Crippen LogP contribution >= 0.6 is 23.4 Å². The minimum atomic E-state index is 0.310. The van der Waals surface area contributed by atoms with Gasteiger partial charge in [-0.15, -0.1) is 10.2 Å². The van der Waals surface area contributed by atoms with Gasteiger partial charge in [-0.1, -0.05) is 53.7 Å². The van der Waals surface area contributed by atoms with Gasteiger partial charge in [0.05, 0.1) is 12.6 Å². The van der Waals surface area contributed by atoms with E-state index in [2.05, 4.69) is 39.0 Å². The Morgan fingerprint density at radius 1 is 1.04 bits per heavy atom. The number of nitrogens with zero attached hydrogens (tertiary/aromatic N) is 3. The first-order valence-corrected chi connectivity index (χ1v) is 10.6. The van der Waals surface area contributed by atoms with E-state index >= 15 is 0 Å². The summed E-state index contributed by atoms with van der Waals surface area (Å²) in [6, 6.07) is 18.2. The van der Waals surface area contributed by atoms with Crippen molar-refractivity contribution in [1.29, 1.82) is 0 Å². The predicted molar refractivity (Wildman–Crippen MR) is 110 cm³/mol. The number of hydrogen-bond donors (Lipinski definition) is 0. The average Bonchev–Trinajstić information content (AvgIpc) is 3.11. The fraction of sp³-hybridized carbons (Fsp3) is 0.333. The maximum Gasteiger partial charge on any atom is 0.191 e. The van der Waals surface area contributed by atoms with Crippen LogP contribution in [-0.2, 0) is 11.3 Å². The van der Waals surface area contributed by atoms with Crippen molar-refractivity contribution >= 4 is 23.4 Å². The molecule has 1 saturated heterocycles. The molecule has 0 saturated carbocycles. The maximum absolute atomic E-state index is 6.05. The Morgan fingerprint density at radius 2 is 1.85 bits per heavy atom. The molecule has 4 nitrogen and oxygen atoms in total. The molecule has 0 bridgehead atoms. The topological polar surface area (TPSA) is 39.9 Å². The highest BCUT2D eigenvalue weighted by atomic mass is 35.5. The molecule has 1 aliphatic rings. The van der Waals surface area contributed by atoms with Crippen LogP contribution < -0.4 is 0 Å². The van der Waals surface area contributed by atoms with Crippen molar-refractivity contribution in [1.82, 2.24) is 14.8 Å². The average molecular weight is 400 g/mol. The van der Waals surface area contributed by atoms with Gasteiger partial charge in [0, 0.05) is 22.9 Å². The van der Waals surface area contributed by atoms with Gasteiger partial charge in [-0.3, -0.25) is 4.57 Å². The molecule has 1 aliphatic heterocycles. The third-order valence-electron chi connectivity index (χ3n) is 4.68. The Balaban J connectivity index is 1.60. The number of thioether (sulfide) groups is 1. The zero-order valence-electron chi connectivity index (χ0n) is 15.1. The van der Waals surface area contributed by atoms with E-state index in [1.807, 2.05) is 30.3 Å². The van der Waals surface area contributed by atoms with Crippen LogP contribution in [0.4, 0.5) is 0 Å². The van der Waals surface area contributed by atoms with Gasteiger partial charge in [-0.2, -0.15) is 0 Å². The Labute approximate surface area is 168 Å². The zero-order chi connectivity index (χ0) is 18.5. The van der Waals surface area contributed by atoms with E-state index in [-0.39, 0.29) is 0 Å². The summed E-state index contributed by atoms with van der Waals surface area (Å²) in [6.45, 7) is 1.61. The Bertz CT molecular complexity index is 861. The van der Waals surface area contributed by atoms with Crippen LogP contribution in [0.1, 0.15) is 24.8 Å². The van der Waals surface area contributed by atoms with Crippen molar-refractivity contribution in [3.05, 3.63) is 65.2 Å². The fourth-order valence-corrected chi connectivity index (χ4v) is 4.35. The summed E-state index contributed by atoms with van der Waals surface area (Å²) in [6.07, 6.45) is 3.86. The van der Waals surface area contributed by atoms with E-state index in [4.69, 9.17) is 16.3 Å². The number of ether oxygens (including phenoxy) is 1. The highest BCUT2D eigenvalue weighted by molar-refractivity contribution is 7.99. The standard InChI is InChI=1S/C21H22ClN3OS/c22-18-11-9-17(10-12-18)20-23-24-21(27-15-19-8-4-5-13-26-19)25(20)14-16-6-2-1-3-7-16/h1-3,6-7,9-12,19H,4-5,8,13-15H2/t19-/m1/s1. The molecule has 1 fully saturated rings. The van der Waals surface area contributed by atoms with Gasteiger partial charge in [0.2, 0.25) is 0 Å². The summed E-state index contributed by atoms with van der Waals surface area (Å²) < 4.78 is 8.06. The van der Waals surface area contributed by atoms with Crippen molar-refractivity contribution in [2.75, 3.05) is 12.4 Å². The molecular formula is C21H22ClN3OS. The van der Waals surface area contributed by atoms with Gasteiger partial charge in [-0.25, -0.2) is 0 Å². The van der Waals surface area contributed by atoms with Crippen molar-refractivity contribution in [3.8, 4) is 11.4 Å². The molecule has 0 amide bonds. The number of aromatic nitrogens is 3. The van der Waals surface area contributed by atoms with E-state index in [1.54, 1.807) is 11.8 Å². The molecule has 0 spiro atoms. The highest BCUT2D eigenvalue weighted by Crippen LogP contribution is 2.28. The minimum Gasteiger partial charge on any atom is -0.377 e. The summed E-state index contributed by atoms with van der Waals surface area (Å²) in [4.78, 5) is 0. The SMILES string of the molecule is Clc1ccc(-c2nnc(SC[C@H]3CCCCO3)n2Cc2ccccc2)cc1. The van der Waals surface area contributed by atoms with E-state index in [9.17, 15) is 0 Å². The van der Waals surface area contributed by atoms with Crippen LogP contribution in [0.25, 0.3) is 11.4 Å². The Hall–Kier alpha value is -1.82. The molecule has 1 atom stereocenters. The summed E-state index contributed by atoms with van der Waals surface area (Å²) in [5, 5.41) is 10.6. The molecule has 0 N–H and O–H groups in total.